The Balaban J connectivity index is 1.29. The summed E-state index contributed by atoms with van der Waals surface area (Å²) in [6.07, 6.45) is 4.17. The lowest BCUT2D eigenvalue weighted by atomic mass is 10.1. The van der Waals surface area contributed by atoms with Crippen LogP contribution in [0.15, 0.2) is 42.6 Å². The van der Waals surface area contributed by atoms with Gasteiger partial charge in [-0.1, -0.05) is 12.1 Å². The van der Waals surface area contributed by atoms with Crippen LogP contribution in [-0.2, 0) is 4.74 Å². The van der Waals surface area contributed by atoms with Crippen molar-refractivity contribution in [2.75, 3.05) is 49.5 Å². The summed E-state index contributed by atoms with van der Waals surface area (Å²) in [6.45, 7) is 6.88. The summed E-state index contributed by atoms with van der Waals surface area (Å²) < 4.78 is 5.61. The van der Waals surface area contributed by atoms with Crippen molar-refractivity contribution < 1.29 is 9.53 Å². The van der Waals surface area contributed by atoms with Gasteiger partial charge in [0.05, 0.1) is 11.7 Å². The second-order valence-corrected chi connectivity index (χ2v) is 7.57. The predicted molar refractivity (Wildman–Crippen MR) is 111 cm³/mol. The molecular formula is C22H28N4O2. The Morgan fingerprint density at radius 3 is 2.75 bits per heavy atom. The maximum absolute atomic E-state index is 12.8. The largest absolute Gasteiger partial charge is 0.376 e. The van der Waals surface area contributed by atoms with Crippen LogP contribution in [0.5, 0.6) is 0 Å². The van der Waals surface area contributed by atoms with Gasteiger partial charge in [0.15, 0.2) is 0 Å². The minimum absolute atomic E-state index is 0.0575. The number of aryl methyl sites for hydroxylation is 1. The Hall–Kier alpha value is -2.60. The van der Waals surface area contributed by atoms with Gasteiger partial charge in [-0.15, -0.1) is 0 Å². The van der Waals surface area contributed by atoms with Crippen LogP contribution in [-0.4, -0.2) is 61.2 Å². The van der Waals surface area contributed by atoms with Crippen LogP contribution in [0, 0.1) is 6.92 Å². The number of rotatable bonds is 5. The molecule has 28 heavy (non-hydrogen) atoms. The molecule has 0 radical (unpaired) electrons. The molecule has 2 aliphatic heterocycles. The van der Waals surface area contributed by atoms with Gasteiger partial charge >= 0.3 is 0 Å². The summed E-state index contributed by atoms with van der Waals surface area (Å²) in [7, 11) is 0. The summed E-state index contributed by atoms with van der Waals surface area (Å²) >= 11 is 0. The van der Waals surface area contributed by atoms with E-state index in [4.69, 9.17) is 4.74 Å². The van der Waals surface area contributed by atoms with E-state index in [1.807, 2.05) is 17.0 Å². The number of piperazine rings is 1. The first-order valence-electron chi connectivity index (χ1n) is 10.1. The van der Waals surface area contributed by atoms with E-state index in [1.54, 1.807) is 6.20 Å². The van der Waals surface area contributed by atoms with E-state index in [2.05, 4.69) is 46.4 Å². The molecule has 6 nitrogen and oxygen atoms in total. The van der Waals surface area contributed by atoms with E-state index in [1.165, 1.54) is 11.3 Å². The molecule has 0 saturated carbocycles. The summed E-state index contributed by atoms with van der Waals surface area (Å²) in [4.78, 5) is 21.5. The third-order valence-corrected chi connectivity index (χ3v) is 5.48. The monoisotopic (exact) mass is 380 g/mol. The van der Waals surface area contributed by atoms with Crippen LogP contribution in [0.1, 0.15) is 28.8 Å². The van der Waals surface area contributed by atoms with Gasteiger partial charge in [-0.3, -0.25) is 4.79 Å². The Kier molecular flexibility index (Phi) is 5.76. The first-order valence-corrected chi connectivity index (χ1v) is 10.1. The molecule has 1 atom stereocenters. The smallest absolute Gasteiger partial charge is 0.255 e. The summed E-state index contributed by atoms with van der Waals surface area (Å²) in [6, 6.07) is 12.3. The van der Waals surface area contributed by atoms with E-state index < -0.39 is 0 Å². The minimum Gasteiger partial charge on any atom is -0.376 e. The number of carbonyl (C=O) groups excluding carboxylic acids is 1. The quantitative estimate of drug-likeness (QED) is 0.864. The molecule has 6 heteroatoms. The number of carbonyl (C=O) groups is 1. The molecule has 0 spiro atoms. The standard InChI is InChI=1S/C22H28N4O2/c1-17-4-2-5-19(14-17)25-9-11-26(12-10-25)22(27)18-7-8-21(23-15-18)24-16-20-6-3-13-28-20/h2,4-5,7-8,14-15,20H,3,6,9-13,16H2,1H3,(H,23,24). The molecule has 1 aromatic carbocycles. The fraction of sp³-hybridized carbons (Fsp3) is 0.455. The SMILES string of the molecule is Cc1cccc(N2CCN(C(=O)c3ccc(NCC4CCCO4)nc3)CC2)c1. The highest BCUT2D eigenvalue weighted by atomic mass is 16.5. The number of benzene rings is 1. The fourth-order valence-corrected chi connectivity index (χ4v) is 3.82. The third-order valence-electron chi connectivity index (χ3n) is 5.48. The Labute approximate surface area is 166 Å². The average molecular weight is 380 g/mol. The van der Waals surface area contributed by atoms with Crippen LogP contribution in [0.25, 0.3) is 0 Å². The zero-order chi connectivity index (χ0) is 19.3. The number of amides is 1. The van der Waals surface area contributed by atoms with E-state index in [-0.39, 0.29) is 12.0 Å². The van der Waals surface area contributed by atoms with Crippen LogP contribution in [0.4, 0.5) is 11.5 Å². The molecule has 1 amide bonds. The highest BCUT2D eigenvalue weighted by Gasteiger charge is 2.22. The number of pyridine rings is 1. The van der Waals surface area contributed by atoms with Crippen molar-refractivity contribution in [3.63, 3.8) is 0 Å². The molecule has 2 aromatic rings. The van der Waals surface area contributed by atoms with Crippen molar-refractivity contribution in [3.8, 4) is 0 Å². The second kappa shape index (κ2) is 8.61. The van der Waals surface area contributed by atoms with Gasteiger partial charge in [-0.2, -0.15) is 0 Å². The lowest BCUT2D eigenvalue weighted by molar-refractivity contribution is 0.0746. The number of hydrogen-bond donors (Lipinski definition) is 1. The molecule has 1 N–H and O–H groups in total. The highest BCUT2D eigenvalue weighted by Crippen LogP contribution is 2.19. The van der Waals surface area contributed by atoms with Gasteiger partial charge in [0.1, 0.15) is 5.82 Å². The fourth-order valence-electron chi connectivity index (χ4n) is 3.82. The highest BCUT2D eigenvalue weighted by molar-refractivity contribution is 5.94. The van der Waals surface area contributed by atoms with E-state index >= 15 is 0 Å². The molecule has 1 aromatic heterocycles. The lowest BCUT2D eigenvalue weighted by Crippen LogP contribution is -2.48. The van der Waals surface area contributed by atoms with Crippen LogP contribution >= 0.6 is 0 Å². The lowest BCUT2D eigenvalue weighted by Gasteiger charge is -2.36. The van der Waals surface area contributed by atoms with Crippen molar-refractivity contribution in [2.24, 2.45) is 0 Å². The molecule has 3 heterocycles. The third kappa shape index (κ3) is 4.44. The van der Waals surface area contributed by atoms with Crippen molar-refractivity contribution >= 4 is 17.4 Å². The van der Waals surface area contributed by atoms with Crippen LogP contribution in [0.2, 0.25) is 0 Å². The van der Waals surface area contributed by atoms with Gasteiger partial charge in [-0.25, -0.2) is 4.98 Å². The van der Waals surface area contributed by atoms with Gasteiger partial charge in [0.2, 0.25) is 0 Å². The van der Waals surface area contributed by atoms with Gasteiger partial charge in [0.25, 0.3) is 5.91 Å². The Bertz CT molecular complexity index is 794. The maximum Gasteiger partial charge on any atom is 0.255 e. The Morgan fingerprint density at radius 1 is 1.21 bits per heavy atom. The summed E-state index contributed by atoms with van der Waals surface area (Å²) in [5.41, 5.74) is 3.14. The molecule has 1 unspecified atom stereocenters. The summed E-state index contributed by atoms with van der Waals surface area (Å²) in [5, 5.41) is 3.29. The molecule has 2 saturated heterocycles. The number of nitrogens with zero attached hydrogens (tertiary/aromatic N) is 3. The van der Waals surface area contributed by atoms with E-state index in [0.717, 1.165) is 58.0 Å². The molecule has 0 bridgehead atoms. The van der Waals surface area contributed by atoms with Crippen molar-refractivity contribution in [2.45, 2.75) is 25.9 Å². The van der Waals surface area contributed by atoms with E-state index in [0.29, 0.717) is 5.56 Å². The number of nitrogens with one attached hydrogen (secondary N) is 1. The molecule has 2 fully saturated rings. The average Bonchev–Trinajstić information content (AvgIpc) is 3.26. The first-order chi connectivity index (χ1) is 13.7. The van der Waals surface area contributed by atoms with E-state index in [9.17, 15) is 4.79 Å². The molecule has 0 aliphatic carbocycles. The molecule has 4 rings (SSSR count). The topological polar surface area (TPSA) is 57.7 Å². The van der Waals surface area contributed by atoms with Crippen molar-refractivity contribution in [1.29, 1.82) is 0 Å². The number of ether oxygens (including phenoxy) is 1. The number of hydrogen-bond acceptors (Lipinski definition) is 5. The van der Waals surface area contributed by atoms with Gasteiger partial charge < -0.3 is 19.9 Å². The van der Waals surface area contributed by atoms with Crippen molar-refractivity contribution in [3.05, 3.63) is 53.7 Å². The summed E-state index contributed by atoms with van der Waals surface area (Å²) in [5.74, 6) is 0.846. The normalized spacial score (nSPS) is 19.7. The first kappa shape index (κ1) is 18.7. The Morgan fingerprint density at radius 2 is 2.07 bits per heavy atom. The van der Waals surface area contributed by atoms with Crippen LogP contribution in [0.3, 0.4) is 0 Å². The van der Waals surface area contributed by atoms with Crippen LogP contribution < -0.4 is 10.2 Å². The molecular weight excluding hydrogens is 352 g/mol. The molecule has 148 valence electrons. The zero-order valence-electron chi connectivity index (χ0n) is 16.4. The number of aromatic nitrogens is 1. The second-order valence-electron chi connectivity index (χ2n) is 7.57. The maximum atomic E-state index is 12.8. The van der Waals surface area contributed by atoms with Crippen molar-refractivity contribution in [1.82, 2.24) is 9.88 Å². The minimum atomic E-state index is 0.0575. The number of anilines is 2. The predicted octanol–water partition coefficient (Wildman–Crippen LogP) is 2.94. The molecule has 2 aliphatic rings. The zero-order valence-corrected chi connectivity index (χ0v) is 16.4. The van der Waals surface area contributed by atoms with Gasteiger partial charge in [0, 0.05) is 51.2 Å². The van der Waals surface area contributed by atoms with Gasteiger partial charge in [-0.05, 0) is 49.6 Å².